The van der Waals surface area contributed by atoms with Crippen LogP contribution in [0.15, 0.2) is 30.6 Å². The first-order chi connectivity index (χ1) is 16.1. The summed E-state index contributed by atoms with van der Waals surface area (Å²) >= 11 is 0. The quantitative estimate of drug-likeness (QED) is 0.293. The summed E-state index contributed by atoms with van der Waals surface area (Å²) in [4.78, 5) is 36.1. The lowest BCUT2D eigenvalue weighted by molar-refractivity contribution is -0.188. The fourth-order valence-electron chi connectivity index (χ4n) is 3.37. The highest BCUT2D eigenvalue weighted by Crippen LogP contribution is 2.26. The van der Waals surface area contributed by atoms with Gasteiger partial charge in [-0.05, 0) is 24.6 Å². The molecule has 0 amide bonds. The third-order valence-corrected chi connectivity index (χ3v) is 5.25. The van der Waals surface area contributed by atoms with Crippen molar-refractivity contribution >= 4 is 28.9 Å². The fraction of sp³-hybridized carbons (Fsp3) is 0.381. The minimum Gasteiger partial charge on any atom is -0.508 e. The number of anilines is 1. The van der Waals surface area contributed by atoms with Gasteiger partial charge in [0, 0.05) is 20.0 Å². The number of ether oxygens (including phenoxy) is 2. The third-order valence-electron chi connectivity index (χ3n) is 5.25. The number of halogens is 1. The van der Waals surface area contributed by atoms with Gasteiger partial charge >= 0.3 is 11.9 Å². The molecular weight excluding hydrogens is 453 g/mol. The SMILES string of the molecule is COC(COC(Cc1ccc(O)cc1)(C(=O)O)C(=O)O)CC(F)n1cnc2c(N)nc(C)nc21. The van der Waals surface area contributed by atoms with Crippen LogP contribution in [-0.2, 0) is 25.5 Å². The van der Waals surface area contributed by atoms with Gasteiger partial charge in [0.15, 0.2) is 17.8 Å². The van der Waals surface area contributed by atoms with Crippen LogP contribution in [0.5, 0.6) is 5.75 Å². The van der Waals surface area contributed by atoms with Gasteiger partial charge in [-0.1, -0.05) is 12.1 Å². The number of nitrogens with two attached hydrogens (primary N) is 1. The zero-order valence-corrected chi connectivity index (χ0v) is 18.4. The summed E-state index contributed by atoms with van der Waals surface area (Å²) in [6.45, 7) is 1.06. The molecule has 0 saturated heterocycles. The third kappa shape index (κ3) is 5.05. The van der Waals surface area contributed by atoms with Gasteiger partial charge in [-0.25, -0.2) is 28.9 Å². The van der Waals surface area contributed by atoms with E-state index in [4.69, 9.17) is 15.2 Å². The molecule has 2 heterocycles. The highest BCUT2D eigenvalue weighted by Gasteiger charge is 2.49. The largest absolute Gasteiger partial charge is 0.508 e. The lowest BCUT2D eigenvalue weighted by Gasteiger charge is -2.28. The van der Waals surface area contributed by atoms with E-state index in [0.717, 1.165) is 4.57 Å². The number of carbonyl (C=O) groups is 2. The number of aromatic nitrogens is 4. The molecule has 0 aliphatic carbocycles. The Labute approximate surface area is 192 Å². The second kappa shape index (κ2) is 9.97. The van der Waals surface area contributed by atoms with E-state index in [1.54, 1.807) is 6.92 Å². The van der Waals surface area contributed by atoms with E-state index in [9.17, 15) is 24.9 Å². The Balaban J connectivity index is 1.78. The van der Waals surface area contributed by atoms with E-state index < -0.39 is 43.0 Å². The number of benzene rings is 1. The molecule has 2 aromatic heterocycles. The van der Waals surface area contributed by atoms with E-state index in [1.165, 1.54) is 37.7 Å². The van der Waals surface area contributed by atoms with Crippen LogP contribution in [0, 0.1) is 6.92 Å². The Bertz CT molecular complexity index is 1170. The number of phenolic OH excluding ortho intramolecular Hbond substituents is 1. The molecule has 0 bridgehead atoms. The Hall–Kier alpha value is -3.84. The van der Waals surface area contributed by atoms with Crippen molar-refractivity contribution in [2.75, 3.05) is 19.5 Å². The van der Waals surface area contributed by atoms with Crippen LogP contribution in [0.3, 0.4) is 0 Å². The molecule has 12 nitrogen and oxygen atoms in total. The highest BCUT2D eigenvalue weighted by molar-refractivity contribution is 6.02. The van der Waals surface area contributed by atoms with Gasteiger partial charge in [-0.3, -0.25) is 4.57 Å². The number of carboxylic acids is 2. The van der Waals surface area contributed by atoms with Gasteiger partial charge in [-0.15, -0.1) is 0 Å². The summed E-state index contributed by atoms with van der Waals surface area (Å²) in [7, 11) is 1.26. The summed E-state index contributed by atoms with van der Waals surface area (Å²) < 4.78 is 26.9. The van der Waals surface area contributed by atoms with Crippen molar-refractivity contribution in [3.8, 4) is 5.75 Å². The number of carboxylic acid groups (broad SMARTS) is 2. The monoisotopic (exact) mass is 477 g/mol. The molecule has 0 aliphatic heterocycles. The van der Waals surface area contributed by atoms with Crippen LogP contribution >= 0.6 is 0 Å². The number of aryl methyl sites for hydroxylation is 1. The maximum Gasteiger partial charge on any atom is 0.348 e. The molecule has 0 aliphatic rings. The first kappa shape index (κ1) is 24.8. The lowest BCUT2D eigenvalue weighted by Crippen LogP contribution is -2.52. The number of hydrogen-bond donors (Lipinski definition) is 4. The number of nitrogen functional groups attached to an aromatic ring is 1. The summed E-state index contributed by atoms with van der Waals surface area (Å²) in [6, 6.07) is 5.35. The normalized spacial score (nSPS) is 13.6. The molecule has 2 atom stereocenters. The molecule has 0 saturated carbocycles. The van der Waals surface area contributed by atoms with Crippen molar-refractivity contribution in [3.63, 3.8) is 0 Å². The van der Waals surface area contributed by atoms with Crippen molar-refractivity contribution in [1.29, 1.82) is 0 Å². The van der Waals surface area contributed by atoms with Crippen LogP contribution in [0.4, 0.5) is 10.2 Å². The van der Waals surface area contributed by atoms with Crippen LogP contribution < -0.4 is 5.73 Å². The number of hydrogen-bond acceptors (Lipinski definition) is 9. The molecule has 13 heteroatoms. The summed E-state index contributed by atoms with van der Waals surface area (Å²) in [5.74, 6) is -3.11. The van der Waals surface area contributed by atoms with Crippen molar-refractivity contribution in [2.45, 2.75) is 37.8 Å². The molecule has 182 valence electrons. The molecular formula is C21H24FN5O7. The number of rotatable bonds is 11. The number of methoxy groups -OCH3 is 1. The standard InChI is InChI=1S/C21H24FN5O7/c1-11-25-17(23)16-18(26-11)27(10-24-16)15(22)7-14(33-2)9-34-21(19(29)30,20(31)32)8-12-3-5-13(28)6-4-12/h3-6,10,14-15,28H,7-9H2,1-2H3,(H,29,30)(H,31,32)(H2,23,25,26). The van der Waals surface area contributed by atoms with E-state index in [-0.39, 0.29) is 29.2 Å². The maximum absolute atomic E-state index is 15.2. The average molecular weight is 477 g/mol. The minimum atomic E-state index is -2.65. The number of nitrogens with zero attached hydrogens (tertiary/aromatic N) is 4. The molecule has 0 radical (unpaired) electrons. The predicted molar refractivity (Wildman–Crippen MR) is 116 cm³/mol. The average Bonchev–Trinajstić information content (AvgIpc) is 3.20. The highest BCUT2D eigenvalue weighted by atomic mass is 19.1. The number of aliphatic carboxylic acids is 2. The first-order valence-corrected chi connectivity index (χ1v) is 10.1. The van der Waals surface area contributed by atoms with Crippen LogP contribution in [-0.4, -0.2) is 72.2 Å². The van der Waals surface area contributed by atoms with E-state index in [0.29, 0.717) is 11.4 Å². The summed E-state index contributed by atoms with van der Waals surface area (Å²) in [5, 5.41) is 28.8. The topological polar surface area (TPSA) is 183 Å². The smallest absolute Gasteiger partial charge is 0.348 e. The Morgan fingerprint density at radius 3 is 2.44 bits per heavy atom. The molecule has 0 spiro atoms. The predicted octanol–water partition coefficient (Wildman–Crippen LogP) is 1.46. The summed E-state index contributed by atoms with van der Waals surface area (Å²) in [5.41, 5.74) is 3.85. The van der Waals surface area contributed by atoms with Gasteiger partial charge in [-0.2, -0.15) is 0 Å². The maximum atomic E-state index is 15.2. The van der Waals surface area contributed by atoms with E-state index in [2.05, 4.69) is 15.0 Å². The zero-order chi connectivity index (χ0) is 25.0. The molecule has 2 unspecified atom stereocenters. The van der Waals surface area contributed by atoms with Gasteiger partial charge in [0.05, 0.1) is 19.0 Å². The van der Waals surface area contributed by atoms with Crippen LogP contribution in [0.25, 0.3) is 11.2 Å². The van der Waals surface area contributed by atoms with Crippen molar-refractivity contribution < 1.29 is 38.8 Å². The van der Waals surface area contributed by atoms with Gasteiger partial charge in [0.2, 0.25) is 0 Å². The molecule has 3 rings (SSSR count). The Kier molecular flexibility index (Phi) is 7.27. The fourth-order valence-corrected chi connectivity index (χ4v) is 3.37. The van der Waals surface area contributed by atoms with Crippen LogP contribution in [0.1, 0.15) is 24.1 Å². The molecule has 3 aromatic rings. The second-order valence-corrected chi connectivity index (χ2v) is 7.60. The number of alkyl halides is 1. The van der Waals surface area contributed by atoms with Crippen molar-refractivity contribution in [2.24, 2.45) is 0 Å². The molecule has 0 fully saturated rings. The number of phenols is 1. The first-order valence-electron chi connectivity index (χ1n) is 10.1. The Morgan fingerprint density at radius 1 is 1.21 bits per heavy atom. The lowest BCUT2D eigenvalue weighted by atomic mass is 9.94. The molecule has 1 aromatic carbocycles. The minimum absolute atomic E-state index is 0.0661. The van der Waals surface area contributed by atoms with E-state index in [1.807, 2.05) is 0 Å². The summed E-state index contributed by atoms with van der Waals surface area (Å²) in [6.07, 6.45) is -2.37. The van der Waals surface area contributed by atoms with Crippen LogP contribution in [0.2, 0.25) is 0 Å². The van der Waals surface area contributed by atoms with Gasteiger partial charge in [0.25, 0.3) is 5.60 Å². The number of imidazole rings is 1. The zero-order valence-electron chi connectivity index (χ0n) is 18.4. The van der Waals surface area contributed by atoms with E-state index >= 15 is 4.39 Å². The van der Waals surface area contributed by atoms with Crippen molar-refractivity contribution in [3.05, 3.63) is 42.0 Å². The number of aromatic hydroxyl groups is 1. The second-order valence-electron chi connectivity index (χ2n) is 7.60. The van der Waals surface area contributed by atoms with Crippen molar-refractivity contribution in [1.82, 2.24) is 19.5 Å². The molecule has 34 heavy (non-hydrogen) atoms. The Morgan fingerprint density at radius 2 is 1.85 bits per heavy atom. The molecule has 5 N–H and O–H groups in total. The van der Waals surface area contributed by atoms with Gasteiger partial charge < -0.3 is 30.5 Å². The van der Waals surface area contributed by atoms with Gasteiger partial charge in [0.1, 0.15) is 17.1 Å². The number of fused-ring (bicyclic) bond motifs is 1.